The Morgan fingerprint density at radius 3 is 2.25 bits per heavy atom. The number of anilines is 2. The highest BCUT2D eigenvalue weighted by atomic mass is 16.2. The number of imide groups is 1. The normalized spacial score (nSPS) is 17.5. The lowest BCUT2D eigenvalue weighted by molar-refractivity contribution is -0.121. The molecule has 0 aliphatic carbocycles. The summed E-state index contributed by atoms with van der Waals surface area (Å²) < 4.78 is 0. The fourth-order valence-electron chi connectivity index (χ4n) is 3.11. The largest absolute Gasteiger partial charge is 0.373 e. The van der Waals surface area contributed by atoms with Crippen LogP contribution in [-0.4, -0.2) is 17.9 Å². The third-order valence-electron chi connectivity index (χ3n) is 4.55. The number of carbonyl (C=O) groups excluding carboxylic acids is 2. The van der Waals surface area contributed by atoms with Gasteiger partial charge in [-0.15, -0.1) is 0 Å². The second-order valence-electron chi connectivity index (χ2n) is 6.26. The maximum Gasteiger partial charge on any atom is 0.256 e. The van der Waals surface area contributed by atoms with Crippen molar-refractivity contribution in [3.8, 4) is 0 Å². The summed E-state index contributed by atoms with van der Waals surface area (Å²) in [7, 11) is 0. The first kappa shape index (κ1) is 16.2. The molecule has 4 nitrogen and oxygen atoms in total. The highest BCUT2D eigenvalue weighted by Crippen LogP contribution is 2.27. The third-order valence-corrected chi connectivity index (χ3v) is 4.55. The van der Waals surface area contributed by atoms with Crippen molar-refractivity contribution in [1.29, 1.82) is 0 Å². The molecule has 1 N–H and O–H groups in total. The van der Waals surface area contributed by atoms with Crippen molar-refractivity contribution < 1.29 is 9.59 Å². The van der Waals surface area contributed by atoms with Gasteiger partial charge < -0.3 is 5.32 Å². The zero-order valence-corrected chi connectivity index (χ0v) is 14.3. The molecule has 2 aromatic carbocycles. The summed E-state index contributed by atoms with van der Waals surface area (Å²) in [5.41, 5.74) is 4.91. The lowest BCUT2D eigenvalue weighted by atomic mass is 10.1. The van der Waals surface area contributed by atoms with Crippen LogP contribution < -0.4 is 10.2 Å². The highest BCUT2D eigenvalue weighted by Gasteiger charge is 2.39. The monoisotopic (exact) mass is 322 g/mol. The number of benzene rings is 2. The molecule has 2 amide bonds. The first-order chi connectivity index (χ1) is 11.5. The van der Waals surface area contributed by atoms with Gasteiger partial charge in [0.1, 0.15) is 6.04 Å². The Morgan fingerprint density at radius 1 is 1.04 bits per heavy atom. The van der Waals surface area contributed by atoms with Gasteiger partial charge in [-0.25, -0.2) is 4.90 Å². The van der Waals surface area contributed by atoms with Crippen LogP contribution in [0.1, 0.15) is 30.0 Å². The van der Waals surface area contributed by atoms with Crippen molar-refractivity contribution in [3.63, 3.8) is 0 Å². The van der Waals surface area contributed by atoms with E-state index in [-0.39, 0.29) is 18.2 Å². The van der Waals surface area contributed by atoms with E-state index in [0.29, 0.717) is 5.69 Å². The molecule has 3 rings (SSSR count). The molecule has 1 fully saturated rings. The minimum atomic E-state index is -0.511. The SMILES string of the molecule is CCc1ccc(N2C(=O)CC(Nc3c(C)cccc3C)C2=O)cc1. The van der Waals surface area contributed by atoms with Gasteiger partial charge in [-0.05, 0) is 49.1 Å². The van der Waals surface area contributed by atoms with Crippen LogP contribution in [0.3, 0.4) is 0 Å². The number of carbonyl (C=O) groups is 2. The van der Waals surface area contributed by atoms with Gasteiger partial charge in [-0.1, -0.05) is 37.3 Å². The minimum Gasteiger partial charge on any atom is -0.373 e. The number of amides is 2. The second-order valence-corrected chi connectivity index (χ2v) is 6.26. The van der Waals surface area contributed by atoms with Gasteiger partial charge in [-0.3, -0.25) is 9.59 Å². The van der Waals surface area contributed by atoms with E-state index in [1.807, 2.05) is 56.3 Å². The summed E-state index contributed by atoms with van der Waals surface area (Å²) in [5, 5.41) is 3.27. The second kappa shape index (κ2) is 6.48. The van der Waals surface area contributed by atoms with Crippen molar-refractivity contribution in [2.75, 3.05) is 10.2 Å². The molecule has 0 bridgehead atoms. The van der Waals surface area contributed by atoms with Crippen LogP contribution in [0.4, 0.5) is 11.4 Å². The number of hydrogen-bond acceptors (Lipinski definition) is 3. The summed E-state index contributed by atoms with van der Waals surface area (Å²) in [6.45, 7) is 6.07. The van der Waals surface area contributed by atoms with E-state index >= 15 is 0 Å². The van der Waals surface area contributed by atoms with E-state index in [1.165, 1.54) is 10.5 Å². The maximum atomic E-state index is 12.7. The van der Waals surface area contributed by atoms with Crippen molar-refractivity contribution in [2.45, 2.75) is 39.7 Å². The Hall–Kier alpha value is -2.62. The van der Waals surface area contributed by atoms with Crippen LogP contribution in [-0.2, 0) is 16.0 Å². The fraction of sp³-hybridized carbons (Fsp3) is 0.300. The number of nitrogens with one attached hydrogen (secondary N) is 1. The molecule has 0 radical (unpaired) electrons. The van der Waals surface area contributed by atoms with Crippen LogP contribution in [0.25, 0.3) is 0 Å². The first-order valence-corrected chi connectivity index (χ1v) is 8.29. The number of nitrogens with zero attached hydrogens (tertiary/aromatic N) is 1. The summed E-state index contributed by atoms with van der Waals surface area (Å²) in [6.07, 6.45) is 1.11. The Kier molecular flexibility index (Phi) is 4.38. The van der Waals surface area contributed by atoms with E-state index in [4.69, 9.17) is 0 Å². The molecule has 1 atom stereocenters. The molecule has 1 aliphatic rings. The first-order valence-electron chi connectivity index (χ1n) is 8.29. The van der Waals surface area contributed by atoms with Crippen molar-refractivity contribution in [1.82, 2.24) is 0 Å². The van der Waals surface area contributed by atoms with Crippen LogP contribution in [0.15, 0.2) is 42.5 Å². The van der Waals surface area contributed by atoms with Gasteiger partial charge in [0.05, 0.1) is 12.1 Å². The fourth-order valence-corrected chi connectivity index (χ4v) is 3.11. The third kappa shape index (κ3) is 2.92. The molecule has 0 aromatic heterocycles. The van der Waals surface area contributed by atoms with Crippen molar-refractivity contribution in [3.05, 3.63) is 59.2 Å². The Morgan fingerprint density at radius 2 is 1.67 bits per heavy atom. The van der Waals surface area contributed by atoms with E-state index < -0.39 is 6.04 Å². The van der Waals surface area contributed by atoms with Gasteiger partial charge in [0.15, 0.2) is 0 Å². The minimum absolute atomic E-state index is 0.159. The zero-order valence-electron chi connectivity index (χ0n) is 14.3. The highest BCUT2D eigenvalue weighted by molar-refractivity contribution is 6.23. The smallest absolute Gasteiger partial charge is 0.256 e. The number of aryl methyl sites for hydroxylation is 3. The van der Waals surface area contributed by atoms with Crippen LogP contribution in [0.2, 0.25) is 0 Å². The lowest BCUT2D eigenvalue weighted by Crippen LogP contribution is -2.35. The number of rotatable bonds is 4. The van der Waals surface area contributed by atoms with Crippen molar-refractivity contribution >= 4 is 23.2 Å². The number of para-hydroxylation sites is 1. The van der Waals surface area contributed by atoms with E-state index in [0.717, 1.165) is 23.2 Å². The summed E-state index contributed by atoms with van der Waals surface area (Å²) in [5.74, 6) is -0.347. The summed E-state index contributed by atoms with van der Waals surface area (Å²) in [6, 6.07) is 13.1. The Balaban J connectivity index is 1.83. The molecule has 0 saturated carbocycles. The zero-order chi connectivity index (χ0) is 17.3. The molecule has 124 valence electrons. The maximum absolute atomic E-state index is 12.7. The molecular weight excluding hydrogens is 300 g/mol. The molecule has 1 aliphatic heterocycles. The van der Waals surface area contributed by atoms with Crippen LogP contribution >= 0.6 is 0 Å². The van der Waals surface area contributed by atoms with Crippen LogP contribution in [0, 0.1) is 13.8 Å². The van der Waals surface area contributed by atoms with Gasteiger partial charge in [-0.2, -0.15) is 0 Å². The topological polar surface area (TPSA) is 49.4 Å². The summed E-state index contributed by atoms with van der Waals surface area (Å²) >= 11 is 0. The summed E-state index contributed by atoms with van der Waals surface area (Å²) in [4.78, 5) is 26.4. The van der Waals surface area contributed by atoms with Gasteiger partial charge in [0.25, 0.3) is 5.91 Å². The molecule has 0 spiro atoms. The van der Waals surface area contributed by atoms with Crippen LogP contribution in [0.5, 0.6) is 0 Å². The molecule has 2 aromatic rings. The van der Waals surface area contributed by atoms with Gasteiger partial charge >= 0.3 is 0 Å². The molecule has 24 heavy (non-hydrogen) atoms. The number of hydrogen-bond donors (Lipinski definition) is 1. The molecule has 1 heterocycles. The lowest BCUT2D eigenvalue weighted by Gasteiger charge is -2.18. The molecule has 1 unspecified atom stereocenters. The van der Waals surface area contributed by atoms with E-state index in [1.54, 1.807) is 0 Å². The Bertz CT molecular complexity index is 760. The molecule has 4 heteroatoms. The molecule has 1 saturated heterocycles. The van der Waals surface area contributed by atoms with E-state index in [9.17, 15) is 9.59 Å². The molecular formula is C20H22N2O2. The van der Waals surface area contributed by atoms with Crippen molar-refractivity contribution in [2.24, 2.45) is 0 Å². The average molecular weight is 322 g/mol. The van der Waals surface area contributed by atoms with E-state index in [2.05, 4.69) is 12.2 Å². The Labute approximate surface area is 142 Å². The predicted octanol–water partition coefficient (Wildman–Crippen LogP) is 3.61. The van der Waals surface area contributed by atoms with Gasteiger partial charge in [0, 0.05) is 5.69 Å². The predicted molar refractivity (Wildman–Crippen MR) is 96.3 cm³/mol. The standard InChI is InChI=1S/C20H22N2O2/c1-4-15-8-10-16(11-9-15)22-18(23)12-17(20(22)24)21-19-13(2)6-5-7-14(19)3/h5-11,17,21H,4,12H2,1-3H3. The quantitative estimate of drug-likeness (QED) is 0.875. The average Bonchev–Trinajstić information content (AvgIpc) is 2.85. The van der Waals surface area contributed by atoms with Gasteiger partial charge in [0.2, 0.25) is 5.91 Å².